The maximum atomic E-state index is 6.35. The largest absolute Gasteiger partial charge is 0.260 e. The van der Waals surface area contributed by atoms with Gasteiger partial charge in [-0.3, -0.25) is 5.43 Å². The average molecular weight is 452 g/mol. The third-order valence-corrected chi connectivity index (χ3v) is 5.17. The van der Waals surface area contributed by atoms with Crippen LogP contribution in [0.2, 0.25) is 5.02 Å². The van der Waals surface area contributed by atoms with E-state index in [4.69, 9.17) is 16.6 Å². The fourth-order valence-corrected chi connectivity index (χ4v) is 3.30. The summed E-state index contributed by atoms with van der Waals surface area (Å²) in [6.45, 7) is 1.95. The molecule has 0 aliphatic carbocycles. The lowest BCUT2D eigenvalue weighted by atomic mass is 10.1. The summed E-state index contributed by atoms with van der Waals surface area (Å²) in [5.74, 6) is 1.19. The summed E-state index contributed by atoms with van der Waals surface area (Å²) in [5, 5.41) is 6.03. The quantitative estimate of drug-likeness (QED) is 0.283. The number of fused-ring (bicyclic) bond motifs is 1. The molecule has 0 saturated carbocycles. The lowest BCUT2D eigenvalue weighted by Crippen LogP contribution is -2.03. The van der Waals surface area contributed by atoms with Crippen LogP contribution in [-0.4, -0.2) is 15.7 Å². The van der Waals surface area contributed by atoms with Crippen LogP contribution in [0.15, 0.2) is 82.4 Å². The molecule has 4 rings (SSSR count). The number of anilines is 1. The van der Waals surface area contributed by atoms with E-state index in [0.29, 0.717) is 16.7 Å². The number of hydrogen-bond acceptors (Lipinski definition) is 4. The minimum Gasteiger partial charge on any atom is -0.260 e. The first-order valence-corrected chi connectivity index (χ1v) is 9.87. The first-order valence-electron chi connectivity index (χ1n) is 8.70. The molecule has 0 spiro atoms. The Morgan fingerprint density at radius 2 is 1.64 bits per heavy atom. The van der Waals surface area contributed by atoms with Crippen molar-refractivity contribution in [2.75, 3.05) is 5.43 Å². The first-order chi connectivity index (χ1) is 13.6. The number of aromatic nitrogens is 2. The number of para-hydroxylation sites is 1. The van der Waals surface area contributed by atoms with Crippen LogP contribution in [0.5, 0.6) is 0 Å². The molecule has 0 aliphatic heterocycles. The summed E-state index contributed by atoms with van der Waals surface area (Å²) in [7, 11) is 0. The highest BCUT2D eigenvalue weighted by Gasteiger charge is 2.11. The normalized spacial score (nSPS) is 11.6. The second-order valence-corrected chi connectivity index (χ2v) is 7.53. The highest BCUT2D eigenvalue weighted by Crippen LogP contribution is 2.29. The SMILES string of the molecule is C/C(=N\Nc1nc(-c2ccccc2Cl)nc2ccccc12)c1ccc(Br)cc1. The van der Waals surface area contributed by atoms with Crippen molar-refractivity contribution in [1.82, 2.24) is 9.97 Å². The van der Waals surface area contributed by atoms with E-state index in [0.717, 1.165) is 32.2 Å². The van der Waals surface area contributed by atoms with Gasteiger partial charge in [0.05, 0.1) is 16.3 Å². The molecule has 0 atom stereocenters. The van der Waals surface area contributed by atoms with Crippen LogP contribution in [0.1, 0.15) is 12.5 Å². The van der Waals surface area contributed by atoms with Crippen molar-refractivity contribution in [3.63, 3.8) is 0 Å². The molecule has 0 unspecified atom stereocenters. The summed E-state index contributed by atoms with van der Waals surface area (Å²) in [4.78, 5) is 9.36. The molecule has 138 valence electrons. The summed E-state index contributed by atoms with van der Waals surface area (Å²) < 4.78 is 1.03. The van der Waals surface area contributed by atoms with E-state index in [1.807, 2.05) is 79.7 Å². The van der Waals surface area contributed by atoms with Crippen molar-refractivity contribution in [2.24, 2.45) is 5.10 Å². The van der Waals surface area contributed by atoms with Crippen molar-refractivity contribution in [3.8, 4) is 11.4 Å². The van der Waals surface area contributed by atoms with Gasteiger partial charge in [0.1, 0.15) is 0 Å². The smallest absolute Gasteiger partial charge is 0.163 e. The maximum Gasteiger partial charge on any atom is 0.163 e. The topological polar surface area (TPSA) is 50.2 Å². The molecule has 1 N–H and O–H groups in total. The molecule has 3 aromatic carbocycles. The molecule has 4 aromatic rings. The van der Waals surface area contributed by atoms with Crippen LogP contribution < -0.4 is 5.43 Å². The highest BCUT2D eigenvalue weighted by atomic mass is 79.9. The molecule has 0 radical (unpaired) electrons. The molecule has 0 aliphatic rings. The fourth-order valence-electron chi connectivity index (χ4n) is 2.82. The number of rotatable bonds is 4. The van der Waals surface area contributed by atoms with Crippen LogP contribution >= 0.6 is 27.5 Å². The minimum atomic E-state index is 0.559. The second-order valence-electron chi connectivity index (χ2n) is 6.21. The minimum absolute atomic E-state index is 0.559. The molecule has 0 saturated heterocycles. The van der Waals surface area contributed by atoms with Gasteiger partial charge in [0, 0.05) is 15.4 Å². The lowest BCUT2D eigenvalue weighted by Gasteiger charge is -2.10. The molecular weight excluding hydrogens is 436 g/mol. The Labute approximate surface area is 176 Å². The number of benzene rings is 3. The molecule has 0 fully saturated rings. The van der Waals surface area contributed by atoms with Gasteiger partial charge < -0.3 is 0 Å². The number of nitrogens with one attached hydrogen (secondary N) is 1. The second kappa shape index (κ2) is 8.09. The molecule has 0 bridgehead atoms. The van der Waals surface area contributed by atoms with Crippen LogP contribution in [0, 0.1) is 0 Å². The molecular formula is C22H16BrClN4. The monoisotopic (exact) mass is 450 g/mol. The van der Waals surface area contributed by atoms with Gasteiger partial charge in [0.2, 0.25) is 0 Å². The predicted octanol–water partition coefficient (Wildman–Crippen LogP) is 6.55. The first kappa shape index (κ1) is 18.6. The summed E-state index contributed by atoms with van der Waals surface area (Å²) in [5.41, 5.74) is 6.61. The third kappa shape index (κ3) is 3.91. The Morgan fingerprint density at radius 3 is 2.43 bits per heavy atom. The molecule has 1 heterocycles. The van der Waals surface area contributed by atoms with Gasteiger partial charge in [-0.15, -0.1) is 0 Å². The fraction of sp³-hybridized carbons (Fsp3) is 0.0455. The number of hydrogen-bond donors (Lipinski definition) is 1. The summed E-state index contributed by atoms with van der Waals surface area (Å²) in [6, 6.07) is 23.4. The zero-order valence-electron chi connectivity index (χ0n) is 15.0. The molecule has 6 heteroatoms. The molecule has 28 heavy (non-hydrogen) atoms. The van der Waals surface area contributed by atoms with Gasteiger partial charge in [-0.2, -0.15) is 5.10 Å². The Bertz CT molecular complexity index is 1170. The zero-order valence-corrected chi connectivity index (χ0v) is 17.4. The van der Waals surface area contributed by atoms with Gasteiger partial charge >= 0.3 is 0 Å². The van der Waals surface area contributed by atoms with Gasteiger partial charge in [-0.1, -0.05) is 63.9 Å². The van der Waals surface area contributed by atoms with E-state index < -0.39 is 0 Å². The Kier molecular flexibility index (Phi) is 5.37. The van der Waals surface area contributed by atoms with E-state index in [-0.39, 0.29) is 0 Å². The van der Waals surface area contributed by atoms with Crippen LogP contribution in [0.3, 0.4) is 0 Å². The average Bonchev–Trinajstić information content (AvgIpc) is 2.72. The third-order valence-electron chi connectivity index (χ3n) is 4.31. The van der Waals surface area contributed by atoms with Gasteiger partial charge in [-0.05, 0) is 48.9 Å². The van der Waals surface area contributed by atoms with Crippen LogP contribution in [0.25, 0.3) is 22.3 Å². The zero-order chi connectivity index (χ0) is 19.5. The van der Waals surface area contributed by atoms with E-state index in [9.17, 15) is 0 Å². The van der Waals surface area contributed by atoms with Crippen molar-refractivity contribution >= 4 is 50.0 Å². The maximum absolute atomic E-state index is 6.35. The van der Waals surface area contributed by atoms with E-state index in [2.05, 4.69) is 31.4 Å². The van der Waals surface area contributed by atoms with Crippen molar-refractivity contribution in [1.29, 1.82) is 0 Å². The van der Waals surface area contributed by atoms with E-state index in [1.54, 1.807) is 0 Å². The summed E-state index contributed by atoms with van der Waals surface area (Å²) in [6.07, 6.45) is 0. The number of hydrazone groups is 1. The Balaban J connectivity index is 1.76. The van der Waals surface area contributed by atoms with Crippen LogP contribution in [0.4, 0.5) is 5.82 Å². The number of nitrogens with zero attached hydrogens (tertiary/aromatic N) is 3. The van der Waals surface area contributed by atoms with Crippen LogP contribution in [-0.2, 0) is 0 Å². The van der Waals surface area contributed by atoms with Gasteiger partial charge in [-0.25, -0.2) is 9.97 Å². The number of halogens is 2. The Hall–Kier alpha value is -2.76. The van der Waals surface area contributed by atoms with Crippen molar-refractivity contribution < 1.29 is 0 Å². The van der Waals surface area contributed by atoms with E-state index in [1.165, 1.54) is 0 Å². The van der Waals surface area contributed by atoms with Gasteiger partial charge in [0.25, 0.3) is 0 Å². The standard InChI is InChI=1S/C22H16BrClN4/c1-14(15-10-12-16(23)13-11-15)27-28-22-18-7-3-5-9-20(18)25-21(26-22)17-6-2-4-8-19(17)24/h2-13H,1H3,(H,25,26,28)/b27-14+. The lowest BCUT2D eigenvalue weighted by molar-refractivity contribution is 1.18. The molecule has 0 amide bonds. The molecule has 4 nitrogen and oxygen atoms in total. The van der Waals surface area contributed by atoms with Crippen molar-refractivity contribution in [3.05, 3.63) is 87.9 Å². The van der Waals surface area contributed by atoms with Gasteiger partial charge in [0.15, 0.2) is 11.6 Å². The van der Waals surface area contributed by atoms with E-state index >= 15 is 0 Å². The summed E-state index contributed by atoms with van der Waals surface area (Å²) >= 11 is 9.80. The van der Waals surface area contributed by atoms with Crippen molar-refractivity contribution in [2.45, 2.75) is 6.92 Å². The highest BCUT2D eigenvalue weighted by molar-refractivity contribution is 9.10. The molecule has 1 aromatic heterocycles. The Morgan fingerprint density at radius 1 is 0.929 bits per heavy atom. The predicted molar refractivity (Wildman–Crippen MR) is 120 cm³/mol.